The molecule has 1 saturated carbocycles. The minimum Gasteiger partial charge on any atom is -0.493 e. The second kappa shape index (κ2) is 7.31. The van der Waals surface area contributed by atoms with Gasteiger partial charge in [-0.1, -0.05) is 6.42 Å². The van der Waals surface area contributed by atoms with Crippen LogP contribution in [0.2, 0.25) is 0 Å². The van der Waals surface area contributed by atoms with Crippen molar-refractivity contribution in [2.75, 3.05) is 19.0 Å². The van der Waals surface area contributed by atoms with Gasteiger partial charge in [0.2, 0.25) is 5.91 Å². The molecule has 1 aromatic carbocycles. The van der Waals surface area contributed by atoms with E-state index in [9.17, 15) is 4.79 Å². The van der Waals surface area contributed by atoms with E-state index in [1.54, 1.807) is 19.2 Å². The third kappa shape index (κ3) is 4.11. The van der Waals surface area contributed by atoms with Crippen molar-refractivity contribution in [3.8, 4) is 11.5 Å². The van der Waals surface area contributed by atoms with Crippen LogP contribution in [0.3, 0.4) is 0 Å². The number of hydrogen-bond acceptors (Lipinski definition) is 4. The zero-order chi connectivity index (χ0) is 15.2. The topological polar surface area (TPSA) is 73.6 Å². The normalized spacial score (nSPS) is 21.1. The summed E-state index contributed by atoms with van der Waals surface area (Å²) in [6.07, 6.45) is 3.67. The zero-order valence-corrected chi connectivity index (χ0v) is 12.7. The molecule has 0 radical (unpaired) electrons. The Balaban J connectivity index is 1.97. The summed E-state index contributed by atoms with van der Waals surface area (Å²) in [7, 11) is 1.58. The molecule has 1 aliphatic carbocycles. The number of hydrogen-bond donors (Lipinski definition) is 2. The highest BCUT2D eigenvalue weighted by Crippen LogP contribution is 2.31. The Hall–Kier alpha value is -1.75. The summed E-state index contributed by atoms with van der Waals surface area (Å²) in [5, 5.41) is 2.90. The first kappa shape index (κ1) is 15.6. The number of carbonyl (C=O) groups excluding carboxylic acids is 1. The van der Waals surface area contributed by atoms with Gasteiger partial charge in [0, 0.05) is 24.2 Å². The van der Waals surface area contributed by atoms with Crippen LogP contribution in [0.5, 0.6) is 11.5 Å². The molecule has 0 saturated heterocycles. The molecule has 2 atom stereocenters. The van der Waals surface area contributed by atoms with Gasteiger partial charge in [-0.2, -0.15) is 0 Å². The van der Waals surface area contributed by atoms with E-state index in [1.807, 2.05) is 13.0 Å². The number of ether oxygens (including phenoxy) is 2. The molecule has 2 rings (SSSR count). The molecule has 1 amide bonds. The molecule has 116 valence electrons. The van der Waals surface area contributed by atoms with Crippen LogP contribution in [0, 0.1) is 5.92 Å². The molecule has 1 fully saturated rings. The van der Waals surface area contributed by atoms with Crippen LogP contribution in [0.1, 0.15) is 32.6 Å². The Morgan fingerprint density at radius 3 is 2.81 bits per heavy atom. The molecule has 5 heteroatoms. The van der Waals surface area contributed by atoms with E-state index in [1.165, 1.54) is 0 Å². The van der Waals surface area contributed by atoms with Gasteiger partial charge in [-0.25, -0.2) is 0 Å². The number of carbonyl (C=O) groups is 1. The third-order valence-corrected chi connectivity index (χ3v) is 3.91. The van der Waals surface area contributed by atoms with Crippen LogP contribution >= 0.6 is 0 Å². The van der Waals surface area contributed by atoms with Gasteiger partial charge >= 0.3 is 0 Å². The highest BCUT2D eigenvalue weighted by atomic mass is 16.5. The lowest BCUT2D eigenvalue weighted by atomic mass is 10.00. The van der Waals surface area contributed by atoms with Crippen LogP contribution in [0.4, 0.5) is 5.69 Å². The van der Waals surface area contributed by atoms with Gasteiger partial charge in [-0.3, -0.25) is 4.79 Å². The van der Waals surface area contributed by atoms with E-state index >= 15 is 0 Å². The van der Waals surface area contributed by atoms with Gasteiger partial charge in [0.05, 0.1) is 13.7 Å². The smallest absolute Gasteiger partial charge is 0.224 e. The Morgan fingerprint density at radius 1 is 1.38 bits per heavy atom. The van der Waals surface area contributed by atoms with Crippen LogP contribution in [0.25, 0.3) is 0 Å². The summed E-state index contributed by atoms with van der Waals surface area (Å²) in [4.78, 5) is 12.1. The fourth-order valence-electron chi connectivity index (χ4n) is 2.79. The molecule has 0 unspecified atom stereocenters. The van der Waals surface area contributed by atoms with Gasteiger partial charge in [0.1, 0.15) is 0 Å². The Bertz CT molecular complexity index is 490. The summed E-state index contributed by atoms with van der Waals surface area (Å²) in [5.74, 6) is 1.60. The van der Waals surface area contributed by atoms with Crippen molar-refractivity contribution in [3.05, 3.63) is 18.2 Å². The molecule has 1 aliphatic rings. The van der Waals surface area contributed by atoms with E-state index in [-0.39, 0.29) is 11.9 Å². The zero-order valence-electron chi connectivity index (χ0n) is 12.7. The quantitative estimate of drug-likeness (QED) is 0.845. The van der Waals surface area contributed by atoms with Gasteiger partial charge in [-0.15, -0.1) is 0 Å². The van der Waals surface area contributed by atoms with E-state index in [2.05, 4.69) is 5.32 Å². The van der Waals surface area contributed by atoms with E-state index in [0.29, 0.717) is 36.1 Å². The third-order valence-electron chi connectivity index (χ3n) is 3.91. The van der Waals surface area contributed by atoms with E-state index in [4.69, 9.17) is 15.2 Å². The van der Waals surface area contributed by atoms with Gasteiger partial charge < -0.3 is 20.5 Å². The fourth-order valence-corrected chi connectivity index (χ4v) is 2.79. The number of rotatable bonds is 6. The van der Waals surface area contributed by atoms with E-state index < -0.39 is 0 Å². The highest BCUT2D eigenvalue weighted by Gasteiger charge is 2.26. The summed E-state index contributed by atoms with van der Waals surface area (Å²) in [6, 6.07) is 5.56. The lowest BCUT2D eigenvalue weighted by molar-refractivity contribution is -0.117. The van der Waals surface area contributed by atoms with Crippen molar-refractivity contribution in [2.45, 2.75) is 38.6 Å². The number of benzene rings is 1. The molecular weight excluding hydrogens is 268 g/mol. The molecule has 0 aliphatic heterocycles. The molecule has 0 spiro atoms. The van der Waals surface area contributed by atoms with Crippen molar-refractivity contribution in [3.63, 3.8) is 0 Å². The summed E-state index contributed by atoms with van der Waals surface area (Å²) < 4.78 is 10.7. The largest absolute Gasteiger partial charge is 0.493 e. The first-order valence-electron chi connectivity index (χ1n) is 7.50. The SMILES string of the molecule is CCOc1ccc(NC(=O)C[C@@H]2CCC[C@H]2N)cc1OC. The van der Waals surface area contributed by atoms with Crippen LogP contribution < -0.4 is 20.5 Å². The van der Waals surface area contributed by atoms with Gasteiger partial charge in [-0.05, 0) is 37.8 Å². The average Bonchev–Trinajstić information content (AvgIpc) is 2.86. The second-order valence-corrected chi connectivity index (χ2v) is 5.41. The predicted octanol–water partition coefficient (Wildman–Crippen LogP) is 2.55. The van der Waals surface area contributed by atoms with Gasteiger partial charge in [0.15, 0.2) is 11.5 Å². The van der Waals surface area contributed by atoms with E-state index in [0.717, 1.165) is 19.3 Å². The molecule has 1 aromatic rings. The molecule has 0 bridgehead atoms. The number of nitrogens with two attached hydrogens (primary N) is 1. The summed E-state index contributed by atoms with van der Waals surface area (Å²) >= 11 is 0. The van der Waals surface area contributed by atoms with Crippen molar-refractivity contribution in [1.29, 1.82) is 0 Å². The van der Waals surface area contributed by atoms with Crippen molar-refractivity contribution in [1.82, 2.24) is 0 Å². The maximum absolute atomic E-state index is 12.1. The van der Waals surface area contributed by atoms with Crippen LogP contribution in [0.15, 0.2) is 18.2 Å². The fraction of sp³-hybridized carbons (Fsp3) is 0.562. The first-order valence-corrected chi connectivity index (χ1v) is 7.50. The van der Waals surface area contributed by atoms with Crippen LogP contribution in [-0.4, -0.2) is 25.7 Å². The minimum atomic E-state index is 0.00330. The summed E-state index contributed by atoms with van der Waals surface area (Å²) in [6.45, 7) is 2.49. The Labute approximate surface area is 125 Å². The monoisotopic (exact) mass is 292 g/mol. The molecule has 0 aromatic heterocycles. The number of methoxy groups -OCH3 is 1. The molecule has 3 N–H and O–H groups in total. The van der Waals surface area contributed by atoms with Crippen molar-refractivity contribution < 1.29 is 14.3 Å². The van der Waals surface area contributed by atoms with Gasteiger partial charge in [0.25, 0.3) is 0 Å². The van der Waals surface area contributed by atoms with Crippen molar-refractivity contribution in [2.24, 2.45) is 11.7 Å². The maximum atomic E-state index is 12.1. The minimum absolute atomic E-state index is 0.00330. The average molecular weight is 292 g/mol. The Kier molecular flexibility index (Phi) is 5.44. The standard InChI is InChI=1S/C16H24N2O3/c1-3-21-14-8-7-12(10-15(14)20-2)18-16(19)9-11-5-4-6-13(11)17/h7-8,10-11,13H,3-6,9,17H2,1-2H3,(H,18,19)/t11-,13+/m0/s1. The molecule has 5 nitrogen and oxygen atoms in total. The summed E-state index contributed by atoms with van der Waals surface area (Å²) in [5.41, 5.74) is 6.72. The first-order chi connectivity index (χ1) is 10.1. The number of anilines is 1. The lowest BCUT2D eigenvalue weighted by Crippen LogP contribution is -2.28. The second-order valence-electron chi connectivity index (χ2n) is 5.41. The van der Waals surface area contributed by atoms with Crippen LogP contribution in [-0.2, 0) is 4.79 Å². The Morgan fingerprint density at radius 2 is 2.19 bits per heavy atom. The lowest BCUT2D eigenvalue weighted by Gasteiger charge is -2.15. The number of nitrogens with one attached hydrogen (secondary N) is 1. The highest BCUT2D eigenvalue weighted by molar-refractivity contribution is 5.91. The molecule has 0 heterocycles. The predicted molar refractivity (Wildman–Crippen MR) is 82.7 cm³/mol. The molecular formula is C16H24N2O3. The number of amides is 1. The van der Waals surface area contributed by atoms with Crippen molar-refractivity contribution >= 4 is 11.6 Å². The molecule has 21 heavy (non-hydrogen) atoms. The maximum Gasteiger partial charge on any atom is 0.224 e.